The predicted octanol–water partition coefficient (Wildman–Crippen LogP) is 0.964. The molecule has 0 radical (unpaired) electrons. The van der Waals surface area contributed by atoms with Crippen molar-refractivity contribution in [3.8, 4) is 0 Å². The molecule has 0 aliphatic heterocycles. The highest BCUT2D eigenvalue weighted by Crippen LogP contribution is 2.14. The summed E-state index contributed by atoms with van der Waals surface area (Å²) < 4.78 is 0. The van der Waals surface area contributed by atoms with E-state index in [1.54, 1.807) is 6.07 Å². The first-order chi connectivity index (χ1) is 8.00. The molecule has 88 valence electrons. The molecule has 0 fully saturated rings. The Morgan fingerprint density at radius 3 is 2.29 bits per heavy atom. The highest BCUT2D eigenvalue weighted by molar-refractivity contribution is 6.06. The topological polar surface area (TPSA) is 104 Å². The summed E-state index contributed by atoms with van der Waals surface area (Å²) in [6.07, 6.45) is 1.47. The van der Waals surface area contributed by atoms with Crippen molar-refractivity contribution < 1.29 is 24.6 Å². The van der Waals surface area contributed by atoms with Gasteiger partial charge < -0.3 is 15.5 Å². The number of carboxylic acids is 2. The first kappa shape index (κ1) is 12.4. The van der Waals surface area contributed by atoms with E-state index in [9.17, 15) is 14.4 Å². The van der Waals surface area contributed by atoms with Gasteiger partial charge in [0.15, 0.2) is 0 Å². The molecule has 0 aliphatic rings. The zero-order chi connectivity index (χ0) is 12.8. The predicted molar refractivity (Wildman–Crippen MR) is 58.8 cm³/mol. The van der Waals surface area contributed by atoms with Crippen molar-refractivity contribution in [1.29, 1.82) is 0 Å². The summed E-state index contributed by atoms with van der Waals surface area (Å²) >= 11 is 0. The molecule has 0 aliphatic carbocycles. The van der Waals surface area contributed by atoms with E-state index in [1.807, 2.05) is 0 Å². The van der Waals surface area contributed by atoms with Crippen LogP contribution in [0.3, 0.4) is 0 Å². The first-order valence-corrected chi connectivity index (χ1v) is 4.55. The largest absolute Gasteiger partial charge is 0.478 e. The van der Waals surface area contributed by atoms with Crippen LogP contribution in [-0.2, 0) is 9.59 Å². The third kappa shape index (κ3) is 3.78. The quantitative estimate of drug-likeness (QED) is 0.674. The Bertz CT molecular complexity index is 492. The van der Waals surface area contributed by atoms with Gasteiger partial charge in [-0.1, -0.05) is 12.1 Å². The minimum atomic E-state index is -1.26. The second-order valence-corrected chi connectivity index (χ2v) is 3.01. The average Bonchev–Trinajstić information content (AvgIpc) is 2.27. The molecule has 0 aromatic heterocycles. The maximum Gasteiger partial charge on any atom is 0.337 e. The Labute approximate surface area is 96.2 Å². The molecule has 0 bridgehead atoms. The molecule has 0 unspecified atom stereocenters. The van der Waals surface area contributed by atoms with Crippen molar-refractivity contribution in [1.82, 2.24) is 0 Å². The lowest BCUT2D eigenvalue weighted by Crippen LogP contribution is -2.12. The van der Waals surface area contributed by atoms with E-state index in [-0.39, 0.29) is 11.3 Å². The number of benzene rings is 1. The minimum absolute atomic E-state index is 0.0652. The van der Waals surface area contributed by atoms with Crippen LogP contribution in [0.5, 0.6) is 0 Å². The molecule has 6 heteroatoms. The van der Waals surface area contributed by atoms with Gasteiger partial charge in [-0.15, -0.1) is 0 Å². The number of anilines is 1. The molecule has 17 heavy (non-hydrogen) atoms. The van der Waals surface area contributed by atoms with Crippen molar-refractivity contribution in [2.75, 3.05) is 5.32 Å². The van der Waals surface area contributed by atoms with Gasteiger partial charge in [-0.2, -0.15) is 0 Å². The van der Waals surface area contributed by atoms with Crippen LogP contribution in [0.1, 0.15) is 10.4 Å². The van der Waals surface area contributed by atoms with Gasteiger partial charge in [-0.3, -0.25) is 4.79 Å². The first-order valence-electron chi connectivity index (χ1n) is 4.55. The summed E-state index contributed by atoms with van der Waals surface area (Å²) in [6.45, 7) is 0. The Morgan fingerprint density at radius 2 is 1.71 bits per heavy atom. The Balaban J connectivity index is 2.85. The van der Waals surface area contributed by atoms with E-state index >= 15 is 0 Å². The van der Waals surface area contributed by atoms with Crippen LogP contribution < -0.4 is 5.32 Å². The maximum atomic E-state index is 11.2. The highest BCUT2D eigenvalue weighted by atomic mass is 16.4. The van der Waals surface area contributed by atoms with Crippen LogP contribution >= 0.6 is 0 Å². The Morgan fingerprint density at radius 1 is 1.06 bits per heavy atom. The third-order valence-corrected chi connectivity index (χ3v) is 1.79. The fourth-order valence-electron chi connectivity index (χ4n) is 1.10. The second-order valence-electron chi connectivity index (χ2n) is 3.01. The molecule has 0 heterocycles. The summed E-state index contributed by atoms with van der Waals surface area (Å²) in [5.74, 6) is -3.14. The van der Waals surface area contributed by atoms with Crippen molar-refractivity contribution in [3.05, 3.63) is 42.0 Å². The van der Waals surface area contributed by atoms with Crippen LogP contribution in [0.2, 0.25) is 0 Å². The molecule has 0 spiro atoms. The van der Waals surface area contributed by atoms with Crippen LogP contribution in [0.4, 0.5) is 5.69 Å². The molecule has 3 N–H and O–H groups in total. The zero-order valence-corrected chi connectivity index (χ0v) is 8.58. The number of carboxylic acid groups (broad SMARTS) is 2. The van der Waals surface area contributed by atoms with E-state index in [4.69, 9.17) is 10.2 Å². The van der Waals surface area contributed by atoms with E-state index in [1.165, 1.54) is 18.2 Å². The van der Waals surface area contributed by atoms with Crippen molar-refractivity contribution in [3.63, 3.8) is 0 Å². The smallest absolute Gasteiger partial charge is 0.337 e. The molecule has 1 aromatic rings. The Hall–Kier alpha value is -2.63. The van der Waals surface area contributed by atoms with Gasteiger partial charge in [0, 0.05) is 12.2 Å². The lowest BCUT2D eigenvalue weighted by atomic mass is 10.2. The number of hydrogen-bond acceptors (Lipinski definition) is 3. The molecule has 0 saturated heterocycles. The number of carbonyl (C=O) groups excluding carboxylic acids is 1. The van der Waals surface area contributed by atoms with Gasteiger partial charge in [0.05, 0.1) is 11.3 Å². The number of nitrogens with one attached hydrogen (secondary N) is 1. The summed E-state index contributed by atoms with van der Waals surface area (Å²) in [6, 6.07) is 5.82. The lowest BCUT2D eigenvalue weighted by molar-refractivity contribution is -0.131. The number of rotatable bonds is 4. The van der Waals surface area contributed by atoms with Crippen LogP contribution in [0, 0.1) is 0 Å². The van der Waals surface area contributed by atoms with Gasteiger partial charge in [0.1, 0.15) is 0 Å². The number of para-hydroxylation sites is 1. The van der Waals surface area contributed by atoms with Crippen LogP contribution in [0.25, 0.3) is 0 Å². The van der Waals surface area contributed by atoms with Crippen LogP contribution in [0.15, 0.2) is 36.4 Å². The van der Waals surface area contributed by atoms with E-state index in [0.29, 0.717) is 6.08 Å². The molecule has 0 saturated carbocycles. The van der Waals surface area contributed by atoms with Crippen molar-refractivity contribution >= 4 is 23.5 Å². The molecule has 6 nitrogen and oxygen atoms in total. The summed E-state index contributed by atoms with van der Waals surface area (Å²) in [4.78, 5) is 32.2. The monoisotopic (exact) mass is 235 g/mol. The van der Waals surface area contributed by atoms with E-state index in [2.05, 4.69) is 5.32 Å². The van der Waals surface area contributed by atoms with Gasteiger partial charge >= 0.3 is 11.9 Å². The molecular formula is C11H9NO5. The average molecular weight is 235 g/mol. The number of aromatic carboxylic acids is 1. The number of aliphatic carboxylic acids is 1. The zero-order valence-electron chi connectivity index (χ0n) is 8.58. The standard InChI is InChI=1S/C11H9NO5/c13-9(5-6-10(14)15)12-8-4-2-1-3-7(8)11(16)17/h1-6H,(H,12,13)(H,14,15)(H,16,17)/b6-5+. The fraction of sp³-hybridized carbons (Fsp3) is 0. The normalized spacial score (nSPS) is 10.1. The lowest BCUT2D eigenvalue weighted by Gasteiger charge is -2.05. The SMILES string of the molecule is O=C(O)/C=C/C(=O)Nc1ccccc1C(=O)O. The molecule has 0 atom stereocenters. The Kier molecular flexibility index (Phi) is 3.99. The third-order valence-electron chi connectivity index (χ3n) is 1.79. The molecule has 1 aromatic carbocycles. The summed E-state index contributed by atoms with van der Waals surface area (Å²) in [5, 5.41) is 19.4. The molecule has 1 rings (SSSR count). The summed E-state index contributed by atoms with van der Waals surface area (Å²) in [5.41, 5.74) is 0.0459. The maximum absolute atomic E-state index is 11.2. The van der Waals surface area contributed by atoms with E-state index in [0.717, 1.165) is 6.08 Å². The van der Waals surface area contributed by atoms with Gasteiger partial charge in [0.25, 0.3) is 0 Å². The van der Waals surface area contributed by atoms with Gasteiger partial charge in [0.2, 0.25) is 5.91 Å². The highest BCUT2D eigenvalue weighted by Gasteiger charge is 2.10. The second kappa shape index (κ2) is 5.45. The van der Waals surface area contributed by atoms with Gasteiger partial charge in [-0.25, -0.2) is 9.59 Å². The van der Waals surface area contributed by atoms with Gasteiger partial charge in [-0.05, 0) is 12.1 Å². The fourth-order valence-corrected chi connectivity index (χ4v) is 1.10. The molecular weight excluding hydrogens is 226 g/mol. The van der Waals surface area contributed by atoms with Crippen molar-refractivity contribution in [2.45, 2.75) is 0 Å². The number of amides is 1. The van der Waals surface area contributed by atoms with Crippen LogP contribution in [-0.4, -0.2) is 28.1 Å². The van der Waals surface area contributed by atoms with E-state index < -0.39 is 17.8 Å². The number of carbonyl (C=O) groups is 3. The van der Waals surface area contributed by atoms with Crippen molar-refractivity contribution in [2.24, 2.45) is 0 Å². The number of hydrogen-bond donors (Lipinski definition) is 3. The summed E-state index contributed by atoms with van der Waals surface area (Å²) in [7, 11) is 0. The minimum Gasteiger partial charge on any atom is -0.478 e. The molecule has 1 amide bonds.